The molecule has 7 nitrogen and oxygen atoms in total. The van der Waals surface area contributed by atoms with Crippen LogP contribution in [0.15, 0.2) is 22.3 Å². The Morgan fingerprint density at radius 3 is 2.85 bits per heavy atom. The van der Waals surface area contributed by atoms with Gasteiger partial charge in [-0.05, 0) is 6.07 Å². The van der Waals surface area contributed by atoms with Crippen molar-refractivity contribution in [1.29, 1.82) is 0 Å². The molecule has 0 radical (unpaired) electrons. The quantitative estimate of drug-likeness (QED) is 0.721. The van der Waals surface area contributed by atoms with Crippen LogP contribution in [0.25, 0.3) is 0 Å². The third-order valence-electron chi connectivity index (χ3n) is 2.80. The number of hydrogen-bond acceptors (Lipinski definition) is 6. The highest BCUT2D eigenvalue weighted by Gasteiger charge is 2.19. The molecule has 0 saturated heterocycles. The highest BCUT2D eigenvalue weighted by atomic mass is 32.1. The average molecular weight is 293 g/mol. The number of aromatic nitrogens is 1. The van der Waals surface area contributed by atoms with E-state index >= 15 is 0 Å². The van der Waals surface area contributed by atoms with Gasteiger partial charge in [0.05, 0.1) is 12.1 Å². The minimum Gasteiger partial charge on any atom is -0.454 e. The maximum atomic E-state index is 12.1. The summed E-state index contributed by atoms with van der Waals surface area (Å²) in [4.78, 5) is 25.5. The Balaban J connectivity index is 1.75. The molecule has 1 aromatic carbocycles. The fraction of sp³-hybridized carbons (Fsp3) is 0.167. The lowest BCUT2D eigenvalue weighted by atomic mass is 10.1. The number of carbonyl (C=O) groups is 1. The van der Waals surface area contributed by atoms with Gasteiger partial charge in [0, 0.05) is 22.8 Å². The second kappa shape index (κ2) is 4.89. The van der Waals surface area contributed by atoms with Crippen molar-refractivity contribution < 1.29 is 14.3 Å². The summed E-state index contributed by atoms with van der Waals surface area (Å²) in [5.74, 6) is 0.683. The van der Waals surface area contributed by atoms with E-state index in [0.717, 1.165) is 11.3 Å². The van der Waals surface area contributed by atoms with E-state index in [1.165, 1.54) is 0 Å². The Hall–Kier alpha value is -2.48. The number of carbonyl (C=O) groups excluding carboxylic acids is 1. The van der Waals surface area contributed by atoms with Crippen molar-refractivity contribution in [1.82, 2.24) is 10.3 Å². The van der Waals surface area contributed by atoms with Gasteiger partial charge >= 0.3 is 4.87 Å². The normalized spacial score (nSPS) is 12.4. The smallest absolute Gasteiger partial charge is 0.304 e. The van der Waals surface area contributed by atoms with Gasteiger partial charge in [0.1, 0.15) is 0 Å². The van der Waals surface area contributed by atoms with Crippen molar-refractivity contribution >= 4 is 22.9 Å². The molecule has 1 amide bonds. The molecule has 20 heavy (non-hydrogen) atoms. The third kappa shape index (κ3) is 2.32. The number of amides is 1. The average Bonchev–Trinajstić information content (AvgIpc) is 3.03. The molecule has 4 N–H and O–H groups in total. The number of aromatic amines is 1. The second-order valence-electron chi connectivity index (χ2n) is 4.15. The highest BCUT2D eigenvalue weighted by molar-refractivity contribution is 7.07. The summed E-state index contributed by atoms with van der Waals surface area (Å²) in [5.41, 5.74) is 7.08. The molecule has 3 rings (SSSR count). The topological polar surface area (TPSA) is 106 Å². The van der Waals surface area contributed by atoms with Gasteiger partial charge in [0.15, 0.2) is 11.5 Å². The van der Waals surface area contributed by atoms with Crippen LogP contribution >= 0.6 is 11.3 Å². The van der Waals surface area contributed by atoms with Gasteiger partial charge in [-0.15, -0.1) is 0 Å². The van der Waals surface area contributed by atoms with E-state index in [-0.39, 0.29) is 24.1 Å². The monoisotopic (exact) mass is 293 g/mol. The van der Waals surface area contributed by atoms with Crippen molar-refractivity contribution in [2.45, 2.75) is 6.54 Å². The first-order valence-corrected chi connectivity index (χ1v) is 6.65. The van der Waals surface area contributed by atoms with Crippen LogP contribution in [-0.4, -0.2) is 17.7 Å². The first kappa shape index (κ1) is 12.5. The molecule has 8 heteroatoms. The Labute approximate surface area is 117 Å². The molecule has 2 heterocycles. The number of nitrogens with one attached hydrogen (secondary N) is 2. The first-order chi connectivity index (χ1) is 9.63. The zero-order chi connectivity index (χ0) is 14.1. The van der Waals surface area contributed by atoms with Crippen molar-refractivity contribution in [3.8, 4) is 11.5 Å². The number of ether oxygens (including phenoxy) is 2. The van der Waals surface area contributed by atoms with E-state index in [1.807, 2.05) is 0 Å². The summed E-state index contributed by atoms with van der Waals surface area (Å²) in [6, 6.07) is 3.10. The molecule has 2 aromatic rings. The summed E-state index contributed by atoms with van der Waals surface area (Å²) in [5, 5.41) is 4.34. The number of hydrogen-bond donors (Lipinski definition) is 3. The first-order valence-electron chi connectivity index (χ1n) is 5.77. The Bertz CT molecular complexity index is 722. The molecular formula is C12H11N3O4S. The van der Waals surface area contributed by atoms with Crippen molar-refractivity contribution in [2.24, 2.45) is 0 Å². The number of H-pyrrole nitrogens is 1. The molecule has 0 fully saturated rings. The zero-order valence-electron chi connectivity index (χ0n) is 10.3. The van der Waals surface area contributed by atoms with E-state index in [0.29, 0.717) is 28.4 Å². The van der Waals surface area contributed by atoms with Crippen LogP contribution in [0.4, 0.5) is 5.69 Å². The minimum atomic E-state index is -0.340. The molecule has 0 spiro atoms. The molecule has 0 atom stereocenters. The third-order valence-corrected chi connectivity index (χ3v) is 3.52. The predicted molar refractivity (Wildman–Crippen MR) is 73.1 cm³/mol. The van der Waals surface area contributed by atoms with Crippen LogP contribution < -0.4 is 25.4 Å². The van der Waals surface area contributed by atoms with Gasteiger partial charge in [-0.2, -0.15) is 0 Å². The number of anilines is 1. The van der Waals surface area contributed by atoms with Gasteiger partial charge < -0.3 is 25.5 Å². The standard InChI is InChI=1S/C12H11N3O4S/c13-8-2-10-9(18-5-19-10)1-7(8)11(16)14-3-6-4-20-12(17)15-6/h1-2,4H,3,5,13H2,(H,14,16)(H,15,17). The van der Waals surface area contributed by atoms with Crippen LogP contribution in [0.5, 0.6) is 11.5 Å². The zero-order valence-corrected chi connectivity index (χ0v) is 11.1. The molecule has 1 aliphatic rings. The molecule has 0 unspecified atom stereocenters. The summed E-state index contributed by atoms with van der Waals surface area (Å²) < 4.78 is 10.4. The number of thiazole rings is 1. The summed E-state index contributed by atoms with van der Waals surface area (Å²) in [6.45, 7) is 0.349. The van der Waals surface area contributed by atoms with Gasteiger partial charge in [-0.1, -0.05) is 11.3 Å². The van der Waals surface area contributed by atoms with Crippen LogP contribution in [0.1, 0.15) is 16.1 Å². The van der Waals surface area contributed by atoms with Crippen molar-refractivity contribution in [2.75, 3.05) is 12.5 Å². The SMILES string of the molecule is Nc1cc2c(cc1C(=O)NCc1csc(=O)[nH]1)OCO2. The van der Waals surface area contributed by atoms with E-state index in [1.54, 1.807) is 17.5 Å². The Morgan fingerprint density at radius 1 is 1.40 bits per heavy atom. The summed E-state index contributed by atoms with van der Waals surface area (Å²) >= 11 is 1.05. The van der Waals surface area contributed by atoms with Crippen molar-refractivity contribution in [3.63, 3.8) is 0 Å². The van der Waals surface area contributed by atoms with Gasteiger partial charge in [0.2, 0.25) is 6.79 Å². The minimum absolute atomic E-state index is 0.121. The molecule has 104 valence electrons. The van der Waals surface area contributed by atoms with E-state index < -0.39 is 0 Å². The molecule has 0 saturated carbocycles. The van der Waals surface area contributed by atoms with E-state index in [2.05, 4.69) is 10.3 Å². The lowest BCUT2D eigenvalue weighted by Gasteiger charge is -2.07. The van der Waals surface area contributed by atoms with Gasteiger partial charge in [-0.25, -0.2) is 0 Å². The molecule has 1 aliphatic heterocycles. The molecule has 0 bridgehead atoms. The van der Waals surface area contributed by atoms with Crippen LogP contribution in [0.3, 0.4) is 0 Å². The van der Waals surface area contributed by atoms with Crippen LogP contribution in [-0.2, 0) is 6.54 Å². The van der Waals surface area contributed by atoms with Crippen LogP contribution in [0.2, 0.25) is 0 Å². The second-order valence-corrected chi connectivity index (χ2v) is 4.99. The highest BCUT2D eigenvalue weighted by Crippen LogP contribution is 2.35. The Morgan fingerprint density at radius 2 is 2.15 bits per heavy atom. The van der Waals surface area contributed by atoms with E-state index in [9.17, 15) is 9.59 Å². The largest absolute Gasteiger partial charge is 0.454 e. The molecule has 0 aliphatic carbocycles. The van der Waals surface area contributed by atoms with E-state index in [4.69, 9.17) is 15.2 Å². The predicted octanol–water partition coefficient (Wildman–Crippen LogP) is 0.677. The lowest BCUT2D eigenvalue weighted by Crippen LogP contribution is -2.24. The number of benzene rings is 1. The van der Waals surface area contributed by atoms with Crippen LogP contribution in [0, 0.1) is 0 Å². The fourth-order valence-corrected chi connectivity index (χ4v) is 2.41. The number of rotatable bonds is 3. The Kier molecular flexibility index (Phi) is 3.07. The maximum Gasteiger partial charge on any atom is 0.304 e. The lowest BCUT2D eigenvalue weighted by molar-refractivity contribution is 0.0951. The van der Waals surface area contributed by atoms with Crippen molar-refractivity contribution in [3.05, 3.63) is 38.4 Å². The fourth-order valence-electron chi connectivity index (χ4n) is 1.83. The maximum absolute atomic E-state index is 12.1. The summed E-state index contributed by atoms with van der Waals surface area (Å²) in [7, 11) is 0. The molecule has 1 aromatic heterocycles. The summed E-state index contributed by atoms with van der Waals surface area (Å²) in [6.07, 6.45) is 0. The number of nitrogen functional groups attached to an aromatic ring is 1. The number of fused-ring (bicyclic) bond motifs is 1. The number of nitrogens with two attached hydrogens (primary N) is 1. The van der Waals surface area contributed by atoms with Gasteiger partial charge in [0.25, 0.3) is 5.91 Å². The van der Waals surface area contributed by atoms with Gasteiger partial charge in [-0.3, -0.25) is 9.59 Å². The molecular weight excluding hydrogens is 282 g/mol.